The van der Waals surface area contributed by atoms with Gasteiger partial charge in [-0.1, -0.05) is 298 Å². The molecule has 0 aromatic heterocycles. The average molecular weight is 1090 g/mol. The summed E-state index contributed by atoms with van der Waals surface area (Å²) < 4.78 is 16.9. The highest BCUT2D eigenvalue weighted by Gasteiger charge is 2.19. The summed E-state index contributed by atoms with van der Waals surface area (Å²) in [7, 11) is 0. The molecule has 0 heterocycles. The van der Waals surface area contributed by atoms with Gasteiger partial charge in [-0.05, 0) is 103 Å². The molecule has 448 valence electrons. The van der Waals surface area contributed by atoms with Gasteiger partial charge in [0.1, 0.15) is 13.2 Å². The normalized spacial score (nSPS) is 12.7. The summed E-state index contributed by atoms with van der Waals surface area (Å²) in [5, 5.41) is 0. The van der Waals surface area contributed by atoms with E-state index in [0.717, 1.165) is 128 Å². The number of unbranched alkanes of at least 4 members (excludes halogenated alkanes) is 33. The number of carbonyl (C=O) groups excluding carboxylic acids is 3. The highest BCUT2D eigenvalue weighted by Crippen LogP contribution is 2.17. The molecular weight excluding hydrogens is 961 g/mol. The molecule has 0 fully saturated rings. The van der Waals surface area contributed by atoms with E-state index in [0.29, 0.717) is 19.3 Å². The van der Waals surface area contributed by atoms with Crippen LogP contribution in [0.15, 0.2) is 97.2 Å². The predicted molar refractivity (Wildman–Crippen MR) is 339 cm³/mol. The van der Waals surface area contributed by atoms with E-state index < -0.39 is 6.10 Å². The monoisotopic (exact) mass is 1080 g/mol. The van der Waals surface area contributed by atoms with Crippen molar-refractivity contribution < 1.29 is 28.6 Å². The third-order valence-corrected chi connectivity index (χ3v) is 14.3. The third kappa shape index (κ3) is 63.2. The Balaban J connectivity index is 4.38. The number of ether oxygens (including phenoxy) is 3. The van der Waals surface area contributed by atoms with Crippen LogP contribution in [0.2, 0.25) is 0 Å². The van der Waals surface area contributed by atoms with Crippen LogP contribution in [0.3, 0.4) is 0 Å². The Kier molecular flexibility index (Phi) is 62.7. The van der Waals surface area contributed by atoms with Gasteiger partial charge in [0, 0.05) is 19.3 Å². The minimum absolute atomic E-state index is 0.0874. The van der Waals surface area contributed by atoms with Gasteiger partial charge in [-0.15, -0.1) is 0 Å². The molecule has 6 nitrogen and oxygen atoms in total. The van der Waals surface area contributed by atoms with Crippen molar-refractivity contribution in [3.63, 3.8) is 0 Å². The van der Waals surface area contributed by atoms with Crippen LogP contribution in [0, 0.1) is 0 Å². The Morgan fingerprint density at radius 1 is 0.269 bits per heavy atom. The van der Waals surface area contributed by atoms with Crippen LogP contribution in [-0.4, -0.2) is 37.2 Å². The van der Waals surface area contributed by atoms with Gasteiger partial charge in [0.05, 0.1) is 0 Å². The maximum absolute atomic E-state index is 12.9. The first kappa shape index (κ1) is 74.3. The summed E-state index contributed by atoms with van der Waals surface area (Å²) >= 11 is 0. The van der Waals surface area contributed by atoms with Gasteiger partial charge in [0.2, 0.25) is 0 Å². The number of hydrogen-bond acceptors (Lipinski definition) is 6. The van der Waals surface area contributed by atoms with E-state index in [1.807, 2.05) is 0 Å². The van der Waals surface area contributed by atoms with Crippen LogP contribution in [-0.2, 0) is 28.6 Å². The molecule has 0 aliphatic rings. The molecule has 0 aliphatic carbocycles. The van der Waals surface area contributed by atoms with E-state index in [2.05, 4.69) is 118 Å². The van der Waals surface area contributed by atoms with Crippen molar-refractivity contribution in [2.24, 2.45) is 0 Å². The maximum Gasteiger partial charge on any atom is 0.306 e. The molecule has 78 heavy (non-hydrogen) atoms. The zero-order chi connectivity index (χ0) is 56.4. The van der Waals surface area contributed by atoms with Gasteiger partial charge in [-0.3, -0.25) is 14.4 Å². The molecule has 0 saturated carbocycles. The highest BCUT2D eigenvalue weighted by atomic mass is 16.6. The van der Waals surface area contributed by atoms with Crippen molar-refractivity contribution in [1.82, 2.24) is 0 Å². The molecule has 0 aromatic rings. The Morgan fingerprint density at radius 2 is 0.500 bits per heavy atom. The van der Waals surface area contributed by atoms with Crippen LogP contribution in [0.4, 0.5) is 0 Å². The molecular formula is C72H124O6. The lowest BCUT2D eigenvalue weighted by Crippen LogP contribution is -2.30. The zero-order valence-corrected chi connectivity index (χ0v) is 51.4. The van der Waals surface area contributed by atoms with E-state index in [9.17, 15) is 14.4 Å². The number of allylic oxidation sites excluding steroid dienone is 16. The SMILES string of the molecule is CC/C=C\C/C=C\C/C=C\C/C=C\C/C=C\C/C=C\CCCCCCCCC(=O)OCC(COC(=O)CCCCCCC/C=C\C/C=C\CCCCC)OC(=O)CCCCCCCCCCCCCCCCCCCCCC. The average Bonchev–Trinajstić information content (AvgIpc) is 3.44. The summed E-state index contributed by atoms with van der Waals surface area (Å²) in [5.74, 6) is -0.900. The minimum Gasteiger partial charge on any atom is -0.462 e. The van der Waals surface area contributed by atoms with Gasteiger partial charge in [-0.25, -0.2) is 0 Å². The Labute approximate surface area is 483 Å². The molecule has 0 aromatic carbocycles. The molecule has 0 spiro atoms. The van der Waals surface area contributed by atoms with Crippen LogP contribution in [0.1, 0.15) is 323 Å². The highest BCUT2D eigenvalue weighted by molar-refractivity contribution is 5.71. The standard InChI is InChI=1S/C72H124O6/c1-4-7-10-13-16-19-22-25-28-30-32-34-35-36-37-38-40-41-44-47-50-53-56-59-62-65-71(74)77-68-69(67-76-70(73)64-61-58-55-52-49-46-43-27-24-21-18-15-12-9-6-3)78-72(75)66-63-60-57-54-51-48-45-42-39-33-31-29-26-23-20-17-14-11-8-5-2/h7,10,16,18-19,21,25,27-28,32,34,36-37,40-41,43,69H,4-6,8-9,11-15,17,20,22-24,26,29-31,33,35,38-39,42,44-68H2,1-3H3/b10-7-,19-16-,21-18-,28-25-,34-32-,37-36-,41-40-,43-27-. The second-order valence-electron chi connectivity index (χ2n) is 22.0. The topological polar surface area (TPSA) is 78.9 Å². The molecule has 0 bridgehead atoms. The lowest BCUT2D eigenvalue weighted by molar-refractivity contribution is -0.167. The first-order chi connectivity index (χ1) is 38.5. The first-order valence-electron chi connectivity index (χ1n) is 33.2. The number of hydrogen-bond donors (Lipinski definition) is 0. The Morgan fingerprint density at radius 3 is 0.808 bits per heavy atom. The van der Waals surface area contributed by atoms with Crippen molar-refractivity contribution >= 4 is 17.9 Å². The van der Waals surface area contributed by atoms with E-state index in [-0.39, 0.29) is 31.1 Å². The lowest BCUT2D eigenvalue weighted by atomic mass is 10.0. The maximum atomic E-state index is 12.9. The van der Waals surface area contributed by atoms with E-state index >= 15 is 0 Å². The van der Waals surface area contributed by atoms with Crippen LogP contribution in [0.25, 0.3) is 0 Å². The van der Waals surface area contributed by atoms with Crippen LogP contribution < -0.4 is 0 Å². The third-order valence-electron chi connectivity index (χ3n) is 14.3. The summed E-state index contributed by atoms with van der Waals surface area (Å²) in [6.07, 6.45) is 88.4. The van der Waals surface area contributed by atoms with Gasteiger partial charge in [0.25, 0.3) is 0 Å². The summed E-state index contributed by atoms with van der Waals surface area (Å²) in [6.45, 7) is 6.51. The Hall–Kier alpha value is -3.67. The predicted octanol–water partition coefficient (Wildman–Crippen LogP) is 22.8. The van der Waals surface area contributed by atoms with Gasteiger partial charge in [-0.2, -0.15) is 0 Å². The fourth-order valence-corrected chi connectivity index (χ4v) is 9.36. The van der Waals surface area contributed by atoms with Crippen molar-refractivity contribution in [2.75, 3.05) is 13.2 Å². The Bertz CT molecular complexity index is 1530. The van der Waals surface area contributed by atoms with Crippen molar-refractivity contribution in [3.05, 3.63) is 97.2 Å². The fraction of sp³-hybridized carbons (Fsp3) is 0.736. The molecule has 0 amide bonds. The molecule has 0 radical (unpaired) electrons. The number of esters is 3. The molecule has 6 heteroatoms. The lowest BCUT2D eigenvalue weighted by Gasteiger charge is -2.18. The van der Waals surface area contributed by atoms with Gasteiger partial charge >= 0.3 is 17.9 Å². The van der Waals surface area contributed by atoms with Gasteiger partial charge < -0.3 is 14.2 Å². The largest absolute Gasteiger partial charge is 0.462 e. The zero-order valence-electron chi connectivity index (χ0n) is 51.4. The molecule has 1 atom stereocenters. The van der Waals surface area contributed by atoms with Gasteiger partial charge in [0.15, 0.2) is 6.10 Å². The quantitative estimate of drug-likeness (QED) is 0.0261. The number of rotatable bonds is 60. The molecule has 1 unspecified atom stereocenters. The molecule has 0 N–H and O–H groups in total. The minimum atomic E-state index is -0.790. The van der Waals surface area contributed by atoms with Crippen molar-refractivity contribution in [2.45, 2.75) is 329 Å². The van der Waals surface area contributed by atoms with Crippen molar-refractivity contribution in [1.29, 1.82) is 0 Å². The first-order valence-corrected chi connectivity index (χ1v) is 33.2. The van der Waals surface area contributed by atoms with Crippen molar-refractivity contribution in [3.8, 4) is 0 Å². The second-order valence-corrected chi connectivity index (χ2v) is 22.0. The van der Waals surface area contributed by atoms with E-state index in [1.165, 1.54) is 154 Å². The summed E-state index contributed by atoms with van der Waals surface area (Å²) in [5.41, 5.74) is 0. The molecule has 0 saturated heterocycles. The smallest absolute Gasteiger partial charge is 0.306 e. The fourth-order valence-electron chi connectivity index (χ4n) is 9.36. The molecule has 0 rings (SSSR count). The van der Waals surface area contributed by atoms with E-state index in [1.54, 1.807) is 0 Å². The second kappa shape index (κ2) is 65.8. The number of carbonyl (C=O) groups is 3. The van der Waals surface area contributed by atoms with Crippen LogP contribution >= 0.6 is 0 Å². The van der Waals surface area contributed by atoms with Crippen LogP contribution in [0.5, 0.6) is 0 Å². The van der Waals surface area contributed by atoms with E-state index in [4.69, 9.17) is 14.2 Å². The molecule has 0 aliphatic heterocycles. The summed E-state index contributed by atoms with van der Waals surface area (Å²) in [4.78, 5) is 38.4. The summed E-state index contributed by atoms with van der Waals surface area (Å²) in [6, 6.07) is 0.